The number of thiophene rings is 1. The van der Waals surface area contributed by atoms with Crippen LogP contribution in [0.25, 0.3) is 10.7 Å². The topological polar surface area (TPSA) is 44.1 Å². The number of nitrogens with zero attached hydrogens (tertiary/aromatic N) is 2. The van der Waals surface area contributed by atoms with E-state index in [4.69, 9.17) is 4.74 Å². The van der Waals surface area contributed by atoms with Crippen molar-refractivity contribution in [3.05, 3.63) is 59.7 Å². The largest absolute Gasteiger partial charge is 0.497 e. The van der Waals surface area contributed by atoms with Gasteiger partial charge in [-0.15, -0.1) is 11.3 Å². The van der Waals surface area contributed by atoms with Crippen molar-refractivity contribution in [3.63, 3.8) is 0 Å². The highest BCUT2D eigenvalue weighted by Crippen LogP contribution is 2.23. The summed E-state index contributed by atoms with van der Waals surface area (Å²) in [5.74, 6) is 1.54. The van der Waals surface area contributed by atoms with Gasteiger partial charge in [0.2, 0.25) is 0 Å². The standard InChI is InChI=1S/C16H14N2O2S/c1-20-13-5-2-4-12(10-13)14(19)11-18-8-7-17-16(18)15-6-3-9-21-15/h2-10H,11H2,1H3. The second-order valence-corrected chi connectivity index (χ2v) is 5.46. The van der Waals surface area contributed by atoms with Crippen LogP contribution in [-0.2, 0) is 6.54 Å². The lowest BCUT2D eigenvalue weighted by atomic mass is 10.1. The number of benzene rings is 1. The number of ether oxygens (including phenoxy) is 1. The fourth-order valence-corrected chi connectivity index (χ4v) is 2.85. The Morgan fingerprint density at radius 3 is 3.00 bits per heavy atom. The maximum atomic E-state index is 12.4. The second kappa shape index (κ2) is 5.93. The molecule has 3 rings (SSSR count). The summed E-state index contributed by atoms with van der Waals surface area (Å²) in [6.45, 7) is 0.264. The van der Waals surface area contributed by atoms with E-state index in [0.717, 1.165) is 10.7 Å². The zero-order chi connectivity index (χ0) is 14.7. The van der Waals surface area contributed by atoms with Gasteiger partial charge in [-0.1, -0.05) is 18.2 Å². The lowest BCUT2D eigenvalue weighted by Crippen LogP contribution is -2.10. The molecule has 0 fully saturated rings. The molecule has 0 aliphatic heterocycles. The van der Waals surface area contributed by atoms with E-state index in [-0.39, 0.29) is 12.3 Å². The van der Waals surface area contributed by atoms with Gasteiger partial charge in [0.25, 0.3) is 0 Å². The van der Waals surface area contributed by atoms with Crippen LogP contribution in [0.4, 0.5) is 0 Å². The Kier molecular flexibility index (Phi) is 3.83. The highest BCUT2D eigenvalue weighted by Gasteiger charge is 2.12. The first-order valence-electron chi connectivity index (χ1n) is 6.50. The number of Topliss-reactive ketones (excluding diaryl/α,β-unsaturated/α-hetero) is 1. The first-order valence-corrected chi connectivity index (χ1v) is 7.38. The van der Waals surface area contributed by atoms with E-state index < -0.39 is 0 Å². The molecule has 1 aromatic carbocycles. The van der Waals surface area contributed by atoms with Crippen molar-refractivity contribution in [1.82, 2.24) is 9.55 Å². The van der Waals surface area contributed by atoms with E-state index >= 15 is 0 Å². The number of rotatable bonds is 5. The molecule has 0 saturated carbocycles. The van der Waals surface area contributed by atoms with Gasteiger partial charge in [0.1, 0.15) is 11.6 Å². The molecule has 5 heteroatoms. The Bertz CT molecular complexity index is 747. The maximum absolute atomic E-state index is 12.4. The smallest absolute Gasteiger partial charge is 0.182 e. The minimum atomic E-state index is 0.0321. The maximum Gasteiger partial charge on any atom is 0.182 e. The first kappa shape index (κ1) is 13.6. The van der Waals surface area contributed by atoms with E-state index in [1.165, 1.54) is 0 Å². The highest BCUT2D eigenvalue weighted by atomic mass is 32.1. The number of hydrogen-bond acceptors (Lipinski definition) is 4. The Balaban J connectivity index is 1.84. The third-order valence-corrected chi connectivity index (χ3v) is 4.03. The van der Waals surface area contributed by atoms with Crippen LogP contribution in [0, 0.1) is 0 Å². The number of ketones is 1. The van der Waals surface area contributed by atoms with Crippen molar-refractivity contribution in [2.75, 3.05) is 7.11 Å². The lowest BCUT2D eigenvalue weighted by molar-refractivity contribution is 0.0972. The molecule has 0 N–H and O–H groups in total. The summed E-state index contributed by atoms with van der Waals surface area (Å²) in [4.78, 5) is 17.8. The average Bonchev–Trinajstić information content (AvgIpc) is 3.18. The summed E-state index contributed by atoms with van der Waals surface area (Å²) in [7, 11) is 1.59. The van der Waals surface area contributed by atoms with Crippen LogP contribution in [0.3, 0.4) is 0 Å². The molecule has 0 atom stereocenters. The number of carbonyl (C=O) groups is 1. The van der Waals surface area contributed by atoms with Crippen molar-refractivity contribution in [2.45, 2.75) is 6.54 Å². The molecule has 0 aliphatic rings. The molecule has 0 unspecified atom stereocenters. The fraction of sp³-hybridized carbons (Fsp3) is 0.125. The summed E-state index contributed by atoms with van der Waals surface area (Å²) in [5.41, 5.74) is 0.639. The Hall–Kier alpha value is -2.40. The number of aromatic nitrogens is 2. The van der Waals surface area contributed by atoms with Gasteiger partial charge >= 0.3 is 0 Å². The molecule has 0 spiro atoms. The van der Waals surface area contributed by atoms with Crippen LogP contribution in [0.1, 0.15) is 10.4 Å². The van der Waals surface area contributed by atoms with Gasteiger partial charge in [-0.2, -0.15) is 0 Å². The monoisotopic (exact) mass is 298 g/mol. The SMILES string of the molecule is COc1cccc(C(=O)Cn2ccnc2-c2cccs2)c1. The molecule has 0 saturated heterocycles. The van der Waals surface area contributed by atoms with Crippen molar-refractivity contribution < 1.29 is 9.53 Å². The summed E-state index contributed by atoms with van der Waals surface area (Å²) < 4.78 is 7.02. The van der Waals surface area contributed by atoms with Crippen molar-refractivity contribution in [2.24, 2.45) is 0 Å². The van der Waals surface area contributed by atoms with Crippen LogP contribution in [-0.4, -0.2) is 22.4 Å². The Labute approximate surface area is 126 Å². The van der Waals surface area contributed by atoms with E-state index in [0.29, 0.717) is 11.3 Å². The summed E-state index contributed by atoms with van der Waals surface area (Å²) in [6, 6.07) is 11.2. The first-order chi connectivity index (χ1) is 10.3. The molecule has 2 heterocycles. The molecular weight excluding hydrogens is 284 g/mol. The van der Waals surface area contributed by atoms with Gasteiger partial charge in [0.15, 0.2) is 5.78 Å². The third kappa shape index (κ3) is 2.87. The number of imidazole rings is 1. The number of methoxy groups -OCH3 is 1. The normalized spacial score (nSPS) is 10.5. The van der Waals surface area contributed by atoms with E-state index in [9.17, 15) is 4.79 Å². The van der Waals surface area contributed by atoms with Crippen molar-refractivity contribution in [1.29, 1.82) is 0 Å². The van der Waals surface area contributed by atoms with E-state index in [1.54, 1.807) is 36.8 Å². The van der Waals surface area contributed by atoms with Gasteiger partial charge in [-0.3, -0.25) is 4.79 Å². The predicted molar refractivity (Wildman–Crippen MR) is 82.9 cm³/mol. The third-order valence-electron chi connectivity index (χ3n) is 3.16. The zero-order valence-corrected chi connectivity index (χ0v) is 12.3. The summed E-state index contributed by atoms with van der Waals surface area (Å²) in [5, 5.41) is 2.00. The molecule has 21 heavy (non-hydrogen) atoms. The zero-order valence-electron chi connectivity index (χ0n) is 11.5. The van der Waals surface area contributed by atoms with Crippen molar-refractivity contribution >= 4 is 17.1 Å². The molecule has 0 amide bonds. The van der Waals surface area contributed by atoms with Crippen LogP contribution >= 0.6 is 11.3 Å². The van der Waals surface area contributed by atoms with Gasteiger partial charge in [-0.25, -0.2) is 4.98 Å². The molecule has 4 nitrogen and oxygen atoms in total. The molecular formula is C16H14N2O2S. The molecule has 2 aromatic heterocycles. The predicted octanol–water partition coefficient (Wildman–Crippen LogP) is 3.50. The minimum absolute atomic E-state index is 0.0321. The summed E-state index contributed by atoms with van der Waals surface area (Å²) >= 11 is 1.61. The van der Waals surface area contributed by atoms with Crippen LogP contribution in [0.2, 0.25) is 0 Å². The van der Waals surface area contributed by atoms with Gasteiger partial charge < -0.3 is 9.30 Å². The second-order valence-electron chi connectivity index (χ2n) is 4.51. The van der Waals surface area contributed by atoms with Crippen LogP contribution < -0.4 is 4.74 Å². The van der Waals surface area contributed by atoms with Gasteiger partial charge in [0.05, 0.1) is 18.5 Å². The number of hydrogen-bond donors (Lipinski definition) is 0. The molecule has 0 aliphatic carbocycles. The molecule has 0 bridgehead atoms. The highest BCUT2D eigenvalue weighted by molar-refractivity contribution is 7.13. The minimum Gasteiger partial charge on any atom is -0.497 e. The lowest BCUT2D eigenvalue weighted by Gasteiger charge is -2.07. The van der Waals surface area contributed by atoms with E-state index in [1.807, 2.05) is 40.4 Å². The summed E-state index contributed by atoms with van der Waals surface area (Å²) in [6.07, 6.45) is 3.54. The Morgan fingerprint density at radius 2 is 2.24 bits per heavy atom. The molecule has 106 valence electrons. The molecule has 3 aromatic rings. The van der Waals surface area contributed by atoms with Gasteiger partial charge in [0, 0.05) is 18.0 Å². The quantitative estimate of drug-likeness (QED) is 0.677. The van der Waals surface area contributed by atoms with Gasteiger partial charge in [-0.05, 0) is 23.6 Å². The van der Waals surface area contributed by atoms with Crippen LogP contribution in [0.15, 0.2) is 54.2 Å². The Morgan fingerprint density at radius 1 is 1.33 bits per heavy atom. The average molecular weight is 298 g/mol. The fourth-order valence-electron chi connectivity index (χ4n) is 2.11. The van der Waals surface area contributed by atoms with Crippen LogP contribution in [0.5, 0.6) is 5.75 Å². The number of carbonyl (C=O) groups excluding carboxylic acids is 1. The van der Waals surface area contributed by atoms with E-state index in [2.05, 4.69) is 4.98 Å². The van der Waals surface area contributed by atoms with Crippen molar-refractivity contribution in [3.8, 4) is 16.5 Å². The molecule has 0 radical (unpaired) electrons.